The fourth-order valence-corrected chi connectivity index (χ4v) is 3.80. The van der Waals surface area contributed by atoms with Crippen molar-refractivity contribution in [3.05, 3.63) is 29.3 Å². The minimum Gasteiger partial charge on any atom is -0.384 e. The Hall–Kier alpha value is -0.510. The Kier molecular flexibility index (Phi) is 3.16. The molecule has 92 valence electrons. The Balaban J connectivity index is 1.92. The molecule has 2 nitrogen and oxygen atoms in total. The largest absolute Gasteiger partial charge is 0.384 e. The van der Waals surface area contributed by atoms with Crippen molar-refractivity contribution in [1.29, 1.82) is 0 Å². The molecular formula is C14H19NOS. The number of piperidine rings is 1. The zero-order chi connectivity index (χ0) is 11.7. The van der Waals surface area contributed by atoms with E-state index in [4.69, 9.17) is 0 Å². The van der Waals surface area contributed by atoms with E-state index in [9.17, 15) is 5.11 Å². The number of thioether (sulfide) groups is 1. The first kappa shape index (κ1) is 11.6. The van der Waals surface area contributed by atoms with Crippen molar-refractivity contribution in [2.24, 2.45) is 0 Å². The normalized spacial score (nSPS) is 28.8. The molecule has 0 saturated carbocycles. The summed E-state index contributed by atoms with van der Waals surface area (Å²) in [7, 11) is 0. The van der Waals surface area contributed by atoms with Crippen molar-refractivity contribution >= 4 is 11.8 Å². The highest BCUT2D eigenvalue weighted by atomic mass is 32.2. The highest BCUT2D eigenvalue weighted by Crippen LogP contribution is 2.35. The topological polar surface area (TPSA) is 32.3 Å². The third-order valence-electron chi connectivity index (χ3n) is 3.81. The predicted molar refractivity (Wildman–Crippen MR) is 71.5 cm³/mol. The summed E-state index contributed by atoms with van der Waals surface area (Å²) in [5.74, 6) is 1.23. The lowest BCUT2D eigenvalue weighted by Crippen LogP contribution is -2.43. The molecule has 2 N–H and O–H groups in total. The maximum Gasteiger partial charge on any atom is 0.102 e. The molecule has 1 fully saturated rings. The summed E-state index contributed by atoms with van der Waals surface area (Å²) in [6.07, 6.45) is 4.37. The number of fused-ring (bicyclic) bond motifs is 1. The Morgan fingerprint density at radius 3 is 3.06 bits per heavy atom. The molecule has 1 aromatic carbocycles. The summed E-state index contributed by atoms with van der Waals surface area (Å²) in [5.41, 5.74) is 1.89. The van der Waals surface area contributed by atoms with Gasteiger partial charge in [-0.1, -0.05) is 12.1 Å². The first-order chi connectivity index (χ1) is 8.28. The van der Waals surface area contributed by atoms with Crippen molar-refractivity contribution in [2.45, 2.75) is 36.2 Å². The Morgan fingerprint density at radius 1 is 1.29 bits per heavy atom. The summed E-state index contributed by atoms with van der Waals surface area (Å²) in [5, 5.41) is 14.0. The van der Waals surface area contributed by atoms with Gasteiger partial charge in [0.25, 0.3) is 0 Å². The van der Waals surface area contributed by atoms with Gasteiger partial charge in [-0.2, -0.15) is 0 Å². The maximum atomic E-state index is 10.7. The van der Waals surface area contributed by atoms with Crippen LogP contribution in [0.15, 0.2) is 23.1 Å². The van der Waals surface area contributed by atoms with Gasteiger partial charge in [0, 0.05) is 11.4 Å². The van der Waals surface area contributed by atoms with Gasteiger partial charge in [0.15, 0.2) is 0 Å². The van der Waals surface area contributed by atoms with E-state index in [1.165, 1.54) is 29.1 Å². The van der Waals surface area contributed by atoms with Crippen LogP contribution >= 0.6 is 11.8 Å². The second-order valence-corrected chi connectivity index (χ2v) is 6.22. The van der Waals surface area contributed by atoms with E-state index >= 15 is 0 Å². The lowest BCUT2D eigenvalue weighted by molar-refractivity contribution is 0.0122. The number of benzene rings is 1. The lowest BCUT2D eigenvalue weighted by Gasteiger charge is -2.34. The molecule has 17 heavy (non-hydrogen) atoms. The molecule has 2 aliphatic heterocycles. The number of rotatable bonds is 1. The molecule has 1 atom stereocenters. The number of hydrogen-bond acceptors (Lipinski definition) is 3. The Labute approximate surface area is 107 Å². The highest BCUT2D eigenvalue weighted by Gasteiger charge is 2.31. The van der Waals surface area contributed by atoms with Crippen molar-refractivity contribution in [3.63, 3.8) is 0 Å². The van der Waals surface area contributed by atoms with Gasteiger partial charge in [-0.3, -0.25) is 0 Å². The summed E-state index contributed by atoms with van der Waals surface area (Å²) in [6.45, 7) is 1.72. The van der Waals surface area contributed by atoms with Crippen LogP contribution in [0.2, 0.25) is 0 Å². The van der Waals surface area contributed by atoms with Crippen LogP contribution in [-0.4, -0.2) is 23.9 Å². The van der Waals surface area contributed by atoms with Gasteiger partial charge in [0.2, 0.25) is 0 Å². The van der Waals surface area contributed by atoms with Crippen LogP contribution in [0, 0.1) is 0 Å². The fourth-order valence-electron chi connectivity index (χ4n) is 2.79. The van der Waals surface area contributed by atoms with Crippen LogP contribution in [-0.2, 0) is 12.0 Å². The Morgan fingerprint density at radius 2 is 2.24 bits per heavy atom. The number of nitrogens with one attached hydrogen (secondary N) is 1. The molecule has 2 aliphatic rings. The average molecular weight is 249 g/mol. The zero-order valence-electron chi connectivity index (χ0n) is 10.0. The second kappa shape index (κ2) is 4.63. The molecule has 1 aromatic rings. The fraction of sp³-hybridized carbons (Fsp3) is 0.571. The highest BCUT2D eigenvalue weighted by molar-refractivity contribution is 7.99. The first-order valence-corrected chi connectivity index (χ1v) is 7.46. The van der Waals surface area contributed by atoms with Crippen LogP contribution in [0.5, 0.6) is 0 Å². The van der Waals surface area contributed by atoms with Gasteiger partial charge < -0.3 is 10.4 Å². The molecule has 0 aromatic heterocycles. The van der Waals surface area contributed by atoms with E-state index in [1.54, 1.807) is 0 Å². The van der Waals surface area contributed by atoms with Gasteiger partial charge in [-0.25, -0.2) is 0 Å². The van der Waals surface area contributed by atoms with Crippen molar-refractivity contribution < 1.29 is 5.11 Å². The number of hydrogen-bond donors (Lipinski definition) is 2. The first-order valence-electron chi connectivity index (χ1n) is 6.47. The van der Waals surface area contributed by atoms with Gasteiger partial charge >= 0.3 is 0 Å². The molecular weight excluding hydrogens is 230 g/mol. The number of β-amino-alcohol motifs (C(OH)–C–C–N with tert-alkyl or cyclic N) is 1. The monoisotopic (exact) mass is 249 g/mol. The third kappa shape index (κ3) is 2.24. The molecule has 1 saturated heterocycles. The predicted octanol–water partition coefficient (Wildman–Crippen LogP) is 2.30. The number of aliphatic hydroxyl groups is 1. The SMILES string of the molecule is OC1(c2ccc3c(c2)CCCS3)CCCNC1. The third-order valence-corrected chi connectivity index (χ3v) is 5.01. The molecule has 3 heteroatoms. The molecule has 1 unspecified atom stereocenters. The molecule has 2 heterocycles. The van der Waals surface area contributed by atoms with Crippen LogP contribution < -0.4 is 5.32 Å². The van der Waals surface area contributed by atoms with Crippen molar-refractivity contribution in [3.8, 4) is 0 Å². The van der Waals surface area contributed by atoms with Crippen LogP contribution in [0.1, 0.15) is 30.4 Å². The average Bonchev–Trinajstić information content (AvgIpc) is 2.39. The molecule has 3 rings (SSSR count). The summed E-state index contributed by atoms with van der Waals surface area (Å²) < 4.78 is 0. The van der Waals surface area contributed by atoms with E-state index in [2.05, 4.69) is 23.5 Å². The summed E-state index contributed by atoms with van der Waals surface area (Å²) in [4.78, 5) is 1.41. The molecule has 0 bridgehead atoms. The van der Waals surface area contributed by atoms with Gasteiger partial charge in [0.05, 0.1) is 0 Å². The van der Waals surface area contributed by atoms with Crippen LogP contribution in [0.25, 0.3) is 0 Å². The van der Waals surface area contributed by atoms with Gasteiger partial charge in [0.1, 0.15) is 5.60 Å². The minimum absolute atomic E-state index is 0.643. The summed E-state index contributed by atoms with van der Waals surface area (Å²) >= 11 is 1.95. The van der Waals surface area contributed by atoms with E-state index < -0.39 is 5.60 Å². The van der Waals surface area contributed by atoms with E-state index in [0.29, 0.717) is 6.54 Å². The van der Waals surface area contributed by atoms with E-state index in [-0.39, 0.29) is 0 Å². The zero-order valence-corrected chi connectivity index (χ0v) is 10.9. The van der Waals surface area contributed by atoms with E-state index in [1.807, 2.05) is 11.8 Å². The Bertz CT molecular complexity index is 413. The van der Waals surface area contributed by atoms with Crippen molar-refractivity contribution in [1.82, 2.24) is 5.32 Å². The van der Waals surface area contributed by atoms with Gasteiger partial charge in [-0.15, -0.1) is 11.8 Å². The molecule has 0 radical (unpaired) electrons. The molecule has 0 spiro atoms. The number of aryl methyl sites for hydroxylation is 1. The molecule has 0 amide bonds. The second-order valence-electron chi connectivity index (χ2n) is 5.09. The molecule has 0 aliphatic carbocycles. The van der Waals surface area contributed by atoms with Crippen LogP contribution in [0.4, 0.5) is 0 Å². The summed E-state index contributed by atoms with van der Waals surface area (Å²) in [6, 6.07) is 6.54. The van der Waals surface area contributed by atoms with Crippen molar-refractivity contribution in [2.75, 3.05) is 18.8 Å². The lowest BCUT2D eigenvalue weighted by atomic mass is 9.85. The van der Waals surface area contributed by atoms with Gasteiger partial charge in [-0.05, 0) is 55.2 Å². The standard InChI is InChI=1S/C14H19NOS/c16-14(6-2-7-15-10-14)12-4-5-13-11(9-12)3-1-8-17-13/h4-5,9,15-16H,1-3,6-8,10H2. The van der Waals surface area contributed by atoms with E-state index in [0.717, 1.165) is 24.9 Å². The van der Waals surface area contributed by atoms with Crippen LogP contribution in [0.3, 0.4) is 0 Å². The smallest absolute Gasteiger partial charge is 0.102 e. The minimum atomic E-state index is -0.643. The maximum absolute atomic E-state index is 10.7. The quantitative estimate of drug-likeness (QED) is 0.801.